The predicted octanol–water partition coefficient (Wildman–Crippen LogP) is 0.367. The summed E-state index contributed by atoms with van der Waals surface area (Å²) in [5, 5.41) is 11.5. The number of urea groups is 1. The molecular formula is C13H26N2O5. The molecule has 2 amide bonds. The molecule has 2 N–H and O–H groups in total. The number of methoxy groups -OCH3 is 1. The Labute approximate surface area is 120 Å². The molecule has 0 heterocycles. The molecule has 0 saturated carbocycles. The molecule has 0 bridgehead atoms. The lowest BCUT2D eigenvalue weighted by molar-refractivity contribution is -0.156. The maximum absolute atomic E-state index is 12.0. The maximum Gasteiger partial charge on any atom is 0.328 e. The maximum atomic E-state index is 12.0. The van der Waals surface area contributed by atoms with Crippen molar-refractivity contribution in [2.45, 2.75) is 39.3 Å². The fourth-order valence-corrected chi connectivity index (χ4v) is 1.36. The van der Waals surface area contributed by atoms with Crippen molar-refractivity contribution < 1.29 is 24.2 Å². The van der Waals surface area contributed by atoms with Crippen molar-refractivity contribution in [3.05, 3.63) is 0 Å². The first kappa shape index (κ1) is 18.7. The largest absolute Gasteiger partial charge is 0.458 e. The number of ether oxygens (including phenoxy) is 2. The van der Waals surface area contributed by atoms with Crippen LogP contribution in [0.25, 0.3) is 0 Å². The normalized spacial score (nSPS) is 12.7. The minimum Gasteiger partial charge on any atom is -0.458 e. The first-order chi connectivity index (χ1) is 9.21. The lowest BCUT2D eigenvalue weighted by Crippen LogP contribution is -2.49. The molecule has 0 fully saturated rings. The molecule has 20 heavy (non-hydrogen) atoms. The van der Waals surface area contributed by atoms with Crippen LogP contribution >= 0.6 is 0 Å². The average molecular weight is 290 g/mol. The Morgan fingerprint density at radius 3 is 2.35 bits per heavy atom. The highest BCUT2D eigenvalue weighted by molar-refractivity contribution is 5.83. The molecule has 1 atom stereocenters. The lowest BCUT2D eigenvalue weighted by Gasteiger charge is -2.26. The van der Waals surface area contributed by atoms with E-state index in [9.17, 15) is 9.59 Å². The van der Waals surface area contributed by atoms with Crippen LogP contribution in [0, 0.1) is 0 Å². The molecule has 0 aromatic heterocycles. The second-order valence-corrected chi connectivity index (χ2v) is 5.41. The van der Waals surface area contributed by atoms with Crippen molar-refractivity contribution >= 4 is 12.0 Å². The second kappa shape index (κ2) is 8.76. The van der Waals surface area contributed by atoms with Gasteiger partial charge >= 0.3 is 12.0 Å². The zero-order valence-corrected chi connectivity index (χ0v) is 12.9. The molecule has 0 aromatic rings. The number of carbonyl (C=O) groups excluding carboxylic acids is 2. The summed E-state index contributed by atoms with van der Waals surface area (Å²) < 4.78 is 10.1. The minimum absolute atomic E-state index is 0.155. The van der Waals surface area contributed by atoms with Crippen molar-refractivity contribution in [3.8, 4) is 0 Å². The lowest BCUT2D eigenvalue weighted by atomic mass is 10.2. The van der Waals surface area contributed by atoms with Crippen LogP contribution in [0.3, 0.4) is 0 Å². The van der Waals surface area contributed by atoms with Crippen LogP contribution in [0.1, 0.15) is 27.7 Å². The van der Waals surface area contributed by atoms with Crippen LogP contribution in [0.15, 0.2) is 0 Å². The summed E-state index contributed by atoms with van der Waals surface area (Å²) in [6.45, 7) is 7.55. The summed E-state index contributed by atoms with van der Waals surface area (Å²) in [4.78, 5) is 25.1. The van der Waals surface area contributed by atoms with Crippen LogP contribution in [0.4, 0.5) is 4.79 Å². The number of hydrogen-bond acceptors (Lipinski definition) is 5. The fraction of sp³-hybridized carbons (Fsp3) is 0.846. The third-order valence-electron chi connectivity index (χ3n) is 2.32. The smallest absolute Gasteiger partial charge is 0.328 e. The molecular weight excluding hydrogens is 264 g/mol. The predicted molar refractivity (Wildman–Crippen MR) is 74.4 cm³/mol. The van der Waals surface area contributed by atoms with E-state index in [1.807, 2.05) is 0 Å². The van der Waals surface area contributed by atoms with Gasteiger partial charge in [0.25, 0.3) is 0 Å². The highest BCUT2D eigenvalue weighted by atomic mass is 16.6. The van der Waals surface area contributed by atoms with Gasteiger partial charge in [-0.05, 0) is 27.7 Å². The van der Waals surface area contributed by atoms with Gasteiger partial charge in [0, 0.05) is 20.2 Å². The van der Waals surface area contributed by atoms with Gasteiger partial charge in [-0.2, -0.15) is 0 Å². The van der Waals surface area contributed by atoms with Gasteiger partial charge in [0.15, 0.2) is 0 Å². The van der Waals surface area contributed by atoms with E-state index < -0.39 is 23.6 Å². The highest BCUT2D eigenvalue weighted by Gasteiger charge is 2.24. The highest BCUT2D eigenvalue weighted by Crippen LogP contribution is 2.08. The van der Waals surface area contributed by atoms with Gasteiger partial charge < -0.3 is 24.8 Å². The van der Waals surface area contributed by atoms with Gasteiger partial charge in [-0.1, -0.05) is 0 Å². The molecule has 0 radical (unpaired) electrons. The van der Waals surface area contributed by atoms with E-state index in [1.165, 1.54) is 12.0 Å². The SMILES string of the molecule is COCCN(CCO)C(=O)NC(C)C(=O)OC(C)(C)C. The van der Waals surface area contributed by atoms with Crippen molar-refractivity contribution in [2.75, 3.05) is 33.4 Å². The van der Waals surface area contributed by atoms with Gasteiger partial charge in [0.05, 0.1) is 13.2 Å². The van der Waals surface area contributed by atoms with Crippen LogP contribution in [-0.2, 0) is 14.3 Å². The van der Waals surface area contributed by atoms with E-state index in [0.29, 0.717) is 13.2 Å². The number of aliphatic hydroxyl groups excluding tert-OH is 1. The quantitative estimate of drug-likeness (QED) is 0.661. The Bertz CT molecular complexity index is 314. The molecule has 0 rings (SSSR count). The van der Waals surface area contributed by atoms with Crippen molar-refractivity contribution in [2.24, 2.45) is 0 Å². The van der Waals surface area contributed by atoms with Crippen molar-refractivity contribution in [1.82, 2.24) is 10.2 Å². The molecule has 118 valence electrons. The molecule has 0 saturated heterocycles. The number of nitrogens with zero attached hydrogens (tertiary/aromatic N) is 1. The van der Waals surface area contributed by atoms with E-state index in [1.54, 1.807) is 27.7 Å². The number of nitrogens with one attached hydrogen (secondary N) is 1. The number of rotatable bonds is 7. The van der Waals surface area contributed by atoms with E-state index in [2.05, 4.69) is 5.32 Å². The number of amides is 2. The fourth-order valence-electron chi connectivity index (χ4n) is 1.36. The van der Waals surface area contributed by atoms with Crippen LogP contribution < -0.4 is 5.32 Å². The van der Waals surface area contributed by atoms with E-state index in [0.717, 1.165) is 0 Å². The number of hydrogen-bond donors (Lipinski definition) is 2. The van der Waals surface area contributed by atoms with Gasteiger partial charge in [-0.15, -0.1) is 0 Å². The number of esters is 1. The Morgan fingerprint density at radius 1 is 1.30 bits per heavy atom. The molecule has 0 aromatic carbocycles. The number of carbonyl (C=O) groups is 2. The molecule has 0 aliphatic heterocycles. The monoisotopic (exact) mass is 290 g/mol. The van der Waals surface area contributed by atoms with E-state index >= 15 is 0 Å². The second-order valence-electron chi connectivity index (χ2n) is 5.41. The van der Waals surface area contributed by atoms with Crippen LogP contribution in [0.5, 0.6) is 0 Å². The topological polar surface area (TPSA) is 88.1 Å². The van der Waals surface area contributed by atoms with Gasteiger partial charge in [0.1, 0.15) is 11.6 Å². The Balaban J connectivity index is 4.42. The molecule has 7 heteroatoms. The molecule has 7 nitrogen and oxygen atoms in total. The Hall–Kier alpha value is -1.34. The Kier molecular flexibility index (Phi) is 8.17. The summed E-state index contributed by atoms with van der Waals surface area (Å²) in [6.07, 6.45) is 0. The molecule has 1 unspecified atom stereocenters. The third-order valence-corrected chi connectivity index (χ3v) is 2.32. The van der Waals surface area contributed by atoms with Crippen LogP contribution in [0.2, 0.25) is 0 Å². The standard InChI is InChI=1S/C13H26N2O5/c1-10(11(17)20-13(2,3)4)14-12(18)15(6-8-16)7-9-19-5/h10,16H,6-9H2,1-5H3,(H,14,18). The summed E-state index contributed by atoms with van der Waals surface area (Å²) in [7, 11) is 1.53. The van der Waals surface area contributed by atoms with E-state index in [-0.39, 0.29) is 13.2 Å². The van der Waals surface area contributed by atoms with Crippen molar-refractivity contribution in [1.29, 1.82) is 0 Å². The minimum atomic E-state index is -0.759. The molecule has 0 aliphatic carbocycles. The number of aliphatic hydroxyl groups is 1. The summed E-state index contributed by atoms with van der Waals surface area (Å²) in [6, 6.07) is -1.19. The van der Waals surface area contributed by atoms with Crippen LogP contribution in [-0.4, -0.2) is 67.1 Å². The summed E-state index contributed by atoms with van der Waals surface area (Å²) >= 11 is 0. The van der Waals surface area contributed by atoms with Gasteiger partial charge in [0.2, 0.25) is 0 Å². The first-order valence-corrected chi connectivity index (χ1v) is 6.59. The average Bonchev–Trinajstić information content (AvgIpc) is 2.32. The van der Waals surface area contributed by atoms with Gasteiger partial charge in [-0.25, -0.2) is 9.59 Å². The van der Waals surface area contributed by atoms with Gasteiger partial charge in [-0.3, -0.25) is 0 Å². The zero-order valence-electron chi connectivity index (χ0n) is 12.9. The third kappa shape index (κ3) is 7.96. The summed E-state index contributed by atoms with van der Waals surface area (Å²) in [5.41, 5.74) is -0.600. The van der Waals surface area contributed by atoms with Crippen molar-refractivity contribution in [3.63, 3.8) is 0 Å². The molecule has 0 aliphatic rings. The summed E-state index contributed by atoms with van der Waals surface area (Å²) in [5.74, 6) is -0.499. The first-order valence-electron chi connectivity index (χ1n) is 6.59. The molecule has 0 spiro atoms. The zero-order chi connectivity index (χ0) is 15.8. The Morgan fingerprint density at radius 2 is 1.90 bits per heavy atom. The van der Waals surface area contributed by atoms with E-state index in [4.69, 9.17) is 14.6 Å².